The second-order valence-electron chi connectivity index (χ2n) is 2.57. The maximum Gasteiger partial charge on any atom is 0.118 e. The van der Waals surface area contributed by atoms with Crippen LogP contribution in [0.25, 0.3) is 0 Å². The molecule has 2 heterocycles. The summed E-state index contributed by atoms with van der Waals surface area (Å²) in [6, 6.07) is 5.68. The summed E-state index contributed by atoms with van der Waals surface area (Å²) in [7, 11) is 0. The first kappa shape index (κ1) is 11.0. The van der Waals surface area contributed by atoms with Gasteiger partial charge in [-0.15, -0.1) is 0 Å². The Labute approximate surface area is 108 Å². The Morgan fingerprint density at radius 2 is 2.00 bits per heavy atom. The number of hydrogen-bond donors (Lipinski definition) is 0. The summed E-state index contributed by atoms with van der Waals surface area (Å²) in [5.74, 6) is 0. The number of hydrogen-bond acceptors (Lipinski definition) is 4. The first-order valence-electron chi connectivity index (χ1n) is 4.01. The van der Waals surface area contributed by atoms with E-state index < -0.39 is 0 Å². The van der Waals surface area contributed by atoms with Crippen LogP contribution in [0.15, 0.2) is 49.9 Å². The summed E-state index contributed by atoms with van der Waals surface area (Å²) in [6.07, 6.45) is 3.27. The van der Waals surface area contributed by atoms with Gasteiger partial charge in [0, 0.05) is 12.3 Å². The van der Waals surface area contributed by atoms with Gasteiger partial charge in [-0.3, -0.25) is 0 Å². The van der Waals surface area contributed by atoms with Crippen LogP contribution < -0.4 is 0 Å². The Morgan fingerprint density at radius 3 is 2.73 bits per heavy atom. The van der Waals surface area contributed by atoms with Crippen LogP contribution >= 0.6 is 43.6 Å². The number of aromatic nitrogens is 3. The molecule has 76 valence electrons. The zero-order chi connectivity index (χ0) is 10.7. The van der Waals surface area contributed by atoms with E-state index in [1.54, 1.807) is 6.20 Å². The van der Waals surface area contributed by atoms with Crippen molar-refractivity contribution in [3.63, 3.8) is 0 Å². The van der Waals surface area contributed by atoms with Crippen molar-refractivity contribution in [1.29, 1.82) is 0 Å². The highest BCUT2D eigenvalue weighted by Crippen LogP contribution is 2.30. The van der Waals surface area contributed by atoms with Crippen molar-refractivity contribution >= 4 is 43.6 Å². The Hall–Kier alpha value is -0.460. The first-order chi connectivity index (χ1) is 7.25. The van der Waals surface area contributed by atoms with Crippen LogP contribution in [0.3, 0.4) is 0 Å². The predicted octanol–water partition coefficient (Wildman–Crippen LogP) is 3.55. The highest BCUT2D eigenvalue weighted by molar-refractivity contribution is 9.10. The van der Waals surface area contributed by atoms with Crippen LogP contribution in [0.4, 0.5) is 0 Å². The maximum atomic E-state index is 4.24. The number of halogens is 2. The highest BCUT2D eigenvalue weighted by Gasteiger charge is 2.04. The molecule has 0 saturated heterocycles. The minimum atomic E-state index is 0.770. The van der Waals surface area contributed by atoms with E-state index in [0.29, 0.717) is 0 Å². The molecule has 6 heteroatoms. The standard InChI is InChI=1S/C9H5Br2N3S/c10-6-2-1-3-12-9(6)15-8-4-7(11)13-5-14-8/h1-5H. The molecule has 0 fully saturated rings. The highest BCUT2D eigenvalue weighted by atomic mass is 79.9. The van der Waals surface area contributed by atoms with E-state index in [9.17, 15) is 0 Å². The van der Waals surface area contributed by atoms with Gasteiger partial charge in [-0.1, -0.05) is 0 Å². The molecule has 0 saturated carbocycles. The summed E-state index contributed by atoms with van der Waals surface area (Å²) in [4.78, 5) is 12.3. The molecular weight excluding hydrogens is 342 g/mol. The summed E-state index contributed by atoms with van der Waals surface area (Å²) >= 11 is 8.22. The van der Waals surface area contributed by atoms with Gasteiger partial charge in [-0.2, -0.15) is 0 Å². The molecular formula is C9H5Br2N3S. The van der Waals surface area contributed by atoms with E-state index in [2.05, 4.69) is 46.8 Å². The molecule has 0 spiro atoms. The minimum Gasteiger partial charge on any atom is -0.248 e. The van der Waals surface area contributed by atoms with Crippen molar-refractivity contribution < 1.29 is 0 Å². The summed E-state index contributed by atoms with van der Waals surface area (Å²) < 4.78 is 1.73. The van der Waals surface area contributed by atoms with E-state index >= 15 is 0 Å². The fourth-order valence-corrected chi connectivity index (χ4v) is 2.62. The third kappa shape index (κ3) is 2.99. The lowest BCUT2D eigenvalue weighted by molar-refractivity contribution is 1.02. The molecule has 3 nitrogen and oxygen atoms in total. The lowest BCUT2D eigenvalue weighted by Crippen LogP contribution is -1.85. The topological polar surface area (TPSA) is 38.7 Å². The lowest BCUT2D eigenvalue weighted by Gasteiger charge is -2.01. The van der Waals surface area contributed by atoms with Gasteiger partial charge in [0.05, 0.1) is 4.47 Å². The van der Waals surface area contributed by atoms with Crippen LogP contribution in [0.5, 0.6) is 0 Å². The van der Waals surface area contributed by atoms with Gasteiger partial charge in [0.1, 0.15) is 21.0 Å². The van der Waals surface area contributed by atoms with Crippen LogP contribution in [0.1, 0.15) is 0 Å². The monoisotopic (exact) mass is 345 g/mol. The summed E-state index contributed by atoms with van der Waals surface area (Å²) in [6.45, 7) is 0. The van der Waals surface area contributed by atoms with Gasteiger partial charge in [0.15, 0.2) is 0 Å². The normalized spacial score (nSPS) is 10.3. The van der Waals surface area contributed by atoms with Crippen molar-refractivity contribution in [2.24, 2.45) is 0 Å². The van der Waals surface area contributed by atoms with Crippen LogP contribution in [0, 0.1) is 0 Å². The smallest absolute Gasteiger partial charge is 0.118 e. The van der Waals surface area contributed by atoms with E-state index in [4.69, 9.17) is 0 Å². The second kappa shape index (κ2) is 5.05. The van der Waals surface area contributed by atoms with Crippen molar-refractivity contribution in [2.75, 3.05) is 0 Å². The first-order valence-corrected chi connectivity index (χ1v) is 6.42. The van der Waals surface area contributed by atoms with Gasteiger partial charge in [0.2, 0.25) is 0 Å². The Kier molecular flexibility index (Phi) is 3.71. The maximum absolute atomic E-state index is 4.24. The van der Waals surface area contributed by atoms with Gasteiger partial charge in [-0.25, -0.2) is 15.0 Å². The molecule has 2 aromatic heterocycles. The molecule has 0 aliphatic carbocycles. The van der Waals surface area contributed by atoms with E-state index in [1.807, 2.05) is 18.2 Å². The molecule has 0 atom stereocenters. The zero-order valence-electron chi connectivity index (χ0n) is 7.39. The largest absolute Gasteiger partial charge is 0.248 e. The fraction of sp³-hybridized carbons (Fsp3) is 0. The van der Waals surface area contributed by atoms with E-state index in [-0.39, 0.29) is 0 Å². The fourth-order valence-electron chi connectivity index (χ4n) is 0.919. The van der Waals surface area contributed by atoms with E-state index in [1.165, 1.54) is 18.1 Å². The van der Waals surface area contributed by atoms with Crippen molar-refractivity contribution in [1.82, 2.24) is 15.0 Å². The summed E-state index contributed by atoms with van der Waals surface area (Å²) in [5.41, 5.74) is 0. The van der Waals surface area contributed by atoms with Crippen molar-refractivity contribution in [3.05, 3.63) is 39.8 Å². The third-order valence-electron chi connectivity index (χ3n) is 1.53. The average molecular weight is 347 g/mol. The molecule has 0 aliphatic rings. The number of pyridine rings is 1. The molecule has 0 aliphatic heterocycles. The molecule has 0 bridgehead atoms. The van der Waals surface area contributed by atoms with Gasteiger partial charge >= 0.3 is 0 Å². The van der Waals surface area contributed by atoms with Crippen LogP contribution in [0.2, 0.25) is 0 Å². The second-order valence-corrected chi connectivity index (χ2v) is 5.25. The lowest BCUT2D eigenvalue weighted by atomic mass is 10.5. The SMILES string of the molecule is Brc1cc(Sc2ncccc2Br)ncn1. The van der Waals surface area contributed by atoms with Gasteiger partial charge in [-0.05, 0) is 55.8 Å². The third-order valence-corrected chi connectivity index (χ3v) is 3.82. The Balaban J connectivity index is 2.26. The Bertz CT molecular complexity index is 478. The molecule has 0 N–H and O–H groups in total. The predicted molar refractivity (Wildman–Crippen MR) is 65.8 cm³/mol. The minimum absolute atomic E-state index is 0.770. The van der Waals surface area contributed by atoms with Crippen molar-refractivity contribution in [3.8, 4) is 0 Å². The molecule has 0 aromatic carbocycles. The van der Waals surface area contributed by atoms with Crippen LogP contribution in [-0.4, -0.2) is 15.0 Å². The molecule has 15 heavy (non-hydrogen) atoms. The number of nitrogens with zero attached hydrogens (tertiary/aromatic N) is 3. The molecule has 2 aromatic rings. The molecule has 0 amide bonds. The van der Waals surface area contributed by atoms with E-state index in [0.717, 1.165) is 19.1 Å². The van der Waals surface area contributed by atoms with Crippen LogP contribution in [-0.2, 0) is 0 Å². The van der Waals surface area contributed by atoms with Gasteiger partial charge in [0.25, 0.3) is 0 Å². The average Bonchev–Trinajstić information content (AvgIpc) is 2.22. The zero-order valence-corrected chi connectivity index (χ0v) is 11.4. The van der Waals surface area contributed by atoms with Gasteiger partial charge < -0.3 is 0 Å². The molecule has 0 radical (unpaired) electrons. The quantitative estimate of drug-likeness (QED) is 0.779. The summed E-state index contributed by atoms with van der Waals surface area (Å²) in [5, 5.41) is 1.75. The molecule has 0 unspecified atom stereocenters. The molecule has 2 rings (SSSR count). The number of rotatable bonds is 2. The Morgan fingerprint density at radius 1 is 1.13 bits per heavy atom. The van der Waals surface area contributed by atoms with Crippen molar-refractivity contribution in [2.45, 2.75) is 10.1 Å².